The fourth-order valence-electron chi connectivity index (χ4n) is 10.8. The van der Waals surface area contributed by atoms with Crippen molar-refractivity contribution in [3.05, 3.63) is 102 Å². The zero-order valence-corrected chi connectivity index (χ0v) is 55.4. The van der Waals surface area contributed by atoms with E-state index in [0.29, 0.717) is 37.9 Å². The number of primary amides is 1. The van der Waals surface area contributed by atoms with Gasteiger partial charge in [-0.2, -0.15) is 0 Å². The van der Waals surface area contributed by atoms with E-state index in [9.17, 15) is 62.6 Å². The molecule has 12 amide bonds. The van der Waals surface area contributed by atoms with E-state index in [1.807, 2.05) is 30.3 Å². The van der Waals surface area contributed by atoms with E-state index in [1.54, 1.807) is 56.3 Å². The van der Waals surface area contributed by atoms with E-state index in [4.69, 9.17) is 34.4 Å². The number of guanidine groups is 2. The van der Waals surface area contributed by atoms with Crippen LogP contribution in [0, 0.1) is 5.92 Å². The lowest BCUT2D eigenvalue weighted by atomic mass is 9.96. The van der Waals surface area contributed by atoms with Gasteiger partial charge in [-0.05, 0) is 105 Å². The van der Waals surface area contributed by atoms with Crippen LogP contribution < -0.4 is 92.9 Å². The lowest BCUT2D eigenvalue weighted by molar-refractivity contribution is -0.142. The molecule has 0 aromatic heterocycles. The summed E-state index contributed by atoms with van der Waals surface area (Å²) in [6.45, 7) is 2.14. The number of phenols is 1. The molecular weight excluding hydrogens is 1270 g/mol. The van der Waals surface area contributed by atoms with Gasteiger partial charge >= 0.3 is 0 Å². The van der Waals surface area contributed by atoms with Gasteiger partial charge in [-0.15, -0.1) is 0 Å². The van der Waals surface area contributed by atoms with E-state index < -0.39 is 157 Å². The van der Waals surface area contributed by atoms with Gasteiger partial charge in [-0.25, -0.2) is 0 Å². The summed E-state index contributed by atoms with van der Waals surface area (Å²) in [7, 11) is 0. The van der Waals surface area contributed by atoms with Gasteiger partial charge in [0.2, 0.25) is 70.9 Å². The van der Waals surface area contributed by atoms with Crippen LogP contribution in [0.2, 0.25) is 0 Å². The van der Waals surface area contributed by atoms with Crippen LogP contribution in [0.4, 0.5) is 0 Å². The molecule has 0 radical (unpaired) electrons. The third kappa shape index (κ3) is 27.0. The van der Waals surface area contributed by atoms with Crippen LogP contribution in [0.5, 0.6) is 5.75 Å². The highest BCUT2D eigenvalue weighted by atomic mass is 16.3. The van der Waals surface area contributed by atoms with Crippen molar-refractivity contribution in [2.45, 2.75) is 158 Å². The maximum atomic E-state index is 14.8. The summed E-state index contributed by atoms with van der Waals surface area (Å²) >= 11 is 0. The average molecular weight is 1370 g/mol. The fourth-order valence-corrected chi connectivity index (χ4v) is 10.8. The third-order valence-electron chi connectivity index (χ3n) is 16.4. The third-order valence-corrected chi connectivity index (χ3v) is 16.4. The number of carbonyl (C=O) groups excluding carboxylic acids is 12. The van der Waals surface area contributed by atoms with Crippen LogP contribution in [0.3, 0.4) is 0 Å². The van der Waals surface area contributed by atoms with E-state index in [-0.39, 0.29) is 95.1 Å². The van der Waals surface area contributed by atoms with Crippen molar-refractivity contribution in [1.29, 1.82) is 0 Å². The van der Waals surface area contributed by atoms with Gasteiger partial charge in [0.15, 0.2) is 11.9 Å². The molecule has 33 nitrogen and oxygen atoms in total. The van der Waals surface area contributed by atoms with Crippen molar-refractivity contribution in [3.63, 3.8) is 0 Å². The maximum absolute atomic E-state index is 14.8. The molecule has 3 aromatic carbocycles. The van der Waals surface area contributed by atoms with Crippen LogP contribution in [-0.2, 0) is 76.9 Å². The highest BCUT2D eigenvalue weighted by Gasteiger charge is 2.41. The zero-order valence-electron chi connectivity index (χ0n) is 55.4. The molecule has 2 unspecified atom stereocenters. The minimum Gasteiger partial charge on any atom is -0.508 e. The summed E-state index contributed by atoms with van der Waals surface area (Å²) < 4.78 is 0. The molecule has 0 bridgehead atoms. The average Bonchev–Trinajstić information content (AvgIpc) is 1.60. The van der Waals surface area contributed by atoms with E-state index in [2.05, 4.69) is 68.5 Å². The van der Waals surface area contributed by atoms with Crippen LogP contribution in [0.1, 0.15) is 101 Å². The fraction of sp³-hybridized carbons (Fsp3) is 0.508. The van der Waals surface area contributed by atoms with Crippen molar-refractivity contribution in [3.8, 4) is 5.75 Å². The topological polar surface area (TPSA) is 541 Å². The number of amides is 12. The van der Waals surface area contributed by atoms with Gasteiger partial charge < -0.3 is 103 Å². The smallest absolute Gasteiger partial charge is 0.245 e. The normalized spacial score (nSPS) is 18.9. The number of unbranched alkanes of at least 4 members (excludes halogenated alkanes) is 1. The predicted molar refractivity (Wildman–Crippen MR) is 362 cm³/mol. The van der Waals surface area contributed by atoms with E-state index >= 15 is 0 Å². The second-order valence-electron chi connectivity index (χ2n) is 24.1. The number of carbonyl (C=O) groups is 12. The molecule has 0 saturated carbocycles. The predicted octanol–water partition coefficient (Wildman–Crippen LogP) is -4.76. The van der Waals surface area contributed by atoms with Crippen LogP contribution >= 0.6 is 0 Å². The standard InChI is InChI=1S/C65H96N20O13/c1-3-38(2)54-62(97)83-49(60(95)81-45(21-13-29-73-65(70)71)63(98)85-30-14-22-50(85)61(96)79-43(55(67)90)19-10-11-27-66)35-75-51(87)33-48(59(94)80-44(57(92)84-54)20-12-28-72-64(68)69)82-58(93)47(32-39-15-6-4-7-16-39)78-53(89)37-76-52(88)36-77-56(91)46(31-40-23-25-42(86)26-24-40)74-34-41-17-8-5-9-18-41/h4-9,15-18,23-26,38,43-50,54,74,86H,3,10-14,19-22,27-37,66H2,1-2H3,(H2,67,90)(H,75,87)(H,76,88)(H,77,91)(H,78,89)(H,79,96)(H,80,94)(H,81,95)(H,82,93)(H,83,97)(H,84,92)(H4,68,69,72)(H4,70,71,73)/t38-,43-,44-,45-,46-,47-,48-,49?,50-,54?/m0/s1. The molecule has 0 aliphatic carbocycles. The van der Waals surface area contributed by atoms with Gasteiger partial charge in [0.05, 0.1) is 25.6 Å². The second kappa shape index (κ2) is 40.8. The number of nitrogens with one attached hydrogen (secondary N) is 11. The van der Waals surface area contributed by atoms with Crippen molar-refractivity contribution >= 4 is 82.8 Å². The maximum Gasteiger partial charge on any atom is 0.245 e. The Bertz CT molecular complexity index is 3240. The molecular formula is C65H96N20O13. The number of benzene rings is 3. The Hall–Kier alpha value is -10.4. The summed E-state index contributed by atoms with van der Waals surface area (Å²) in [5.41, 5.74) is 35.7. The molecule has 0 spiro atoms. The molecule has 5 rings (SSSR count). The molecule has 2 aliphatic heterocycles. The van der Waals surface area contributed by atoms with Gasteiger partial charge in [-0.3, -0.25) is 67.5 Å². The second-order valence-corrected chi connectivity index (χ2v) is 24.1. The highest BCUT2D eigenvalue weighted by molar-refractivity contribution is 6.00. The SMILES string of the molecule is CC[C@H](C)C1NC(=O)[C@H](CCCN=C(N)N)NC(=O)[C@@H](NC(=O)[C@H](Cc2ccccc2)NC(=O)CNC(=O)CNC(=O)[C@H](Cc2ccc(O)cc2)NCc2ccccc2)CC(=O)NCC(C(=O)N[C@@H](CCCN=C(N)N)C(=O)N2CCC[C@H]2C(=O)N[C@@H](CCCCN)C(N)=O)NC1=O. The Balaban J connectivity index is 1.40. The van der Waals surface area contributed by atoms with Crippen molar-refractivity contribution < 1.29 is 62.6 Å². The van der Waals surface area contributed by atoms with Crippen molar-refractivity contribution in [2.24, 2.45) is 50.3 Å². The van der Waals surface area contributed by atoms with E-state index in [0.717, 1.165) is 11.1 Å². The Morgan fingerprint density at radius 3 is 1.90 bits per heavy atom. The summed E-state index contributed by atoms with van der Waals surface area (Å²) in [5.74, 6) is -11.3. The summed E-state index contributed by atoms with van der Waals surface area (Å²) in [4.78, 5) is 178. The molecule has 534 valence electrons. The van der Waals surface area contributed by atoms with Gasteiger partial charge in [0, 0.05) is 39.1 Å². The Morgan fingerprint density at radius 2 is 1.26 bits per heavy atom. The lowest BCUT2D eigenvalue weighted by Crippen LogP contribution is -2.63. The minimum atomic E-state index is -1.83. The summed E-state index contributed by atoms with van der Waals surface area (Å²) in [6, 6.07) is 11.7. The van der Waals surface area contributed by atoms with Crippen molar-refractivity contribution in [1.82, 2.24) is 63.4 Å². The van der Waals surface area contributed by atoms with E-state index in [1.165, 1.54) is 17.0 Å². The molecule has 2 aliphatic rings. The first-order chi connectivity index (χ1) is 46.8. The first-order valence-electron chi connectivity index (χ1n) is 32.8. The number of aliphatic imine (C=N–C) groups is 2. The number of hydrogen-bond donors (Lipinski definition) is 18. The molecule has 2 saturated heterocycles. The van der Waals surface area contributed by atoms with Crippen LogP contribution in [0.15, 0.2) is 94.9 Å². The van der Waals surface area contributed by atoms with Crippen LogP contribution in [-0.4, -0.2) is 193 Å². The number of hydrogen-bond acceptors (Lipinski definition) is 17. The molecule has 3 aromatic rings. The lowest BCUT2D eigenvalue weighted by Gasteiger charge is -2.32. The zero-order chi connectivity index (χ0) is 71.7. The first-order valence-corrected chi connectivity index (χ1v) is 32.8. The van der Waals surface area contributed by atoms with Gasteiger partial charge in [0.25, 0.3) is 0 Å². The number of nitrogens with zero attached hydrogens (tertiary/aromatic N) is 3. The molecule has 98 heavy (non-hydrogen) atoms. The number of nitrogens with two attached hydrogens (primary N) is 6. The Kier molecular flexibility index (Phi) is 32.6. The summed E-state index contributed by atoms with van der Waals surface area (Å²) in [6.07, 6.45) is 1.12. The molecule has 33 heteroatoms. The van der Waals surface area contributed by atoms with Gasteiger partial charge in [-0.1, -0.05) is 93.1 Å². The van der Waals surface area contributed by atoms with Gasteiger partial charge in [0.1, 0.15) is 54.1 Å². The molecule has 2 fully saturated rings. The molecule has 2 heterocycles. The number of rotatable bonds is 35. The largest absolute Gasteiger partial charge is 0.508 e. The summed E-state index contributed by atoms with van der Waals surface area (Å²) in [5, 5.41) is 39.0. The molecule has 10 atom stereocenters. The minimum absolute atomic E-state index is 0.00285. The number of phenolic OH excluding ortho intramolecular Hbond substituents is 1. The monoisotopic (exact) mass is 1360 g/mol. The van der Waals surface area contributed by atoms with Crippen LogP contribution in [0.25, 0.3) is 0 Å². The Labute approximate surface area is 568 Å². The quantitative estimate of drug-likeness (QED) is 0.0149. The highest BCUT2D eigenvalue weighted by Crippen LogP contribution is 2.21. The first kappa shape index (κ1) is 78.3. The van der Waals surface area contributed by atoms with Crippen molar-refractivity contribution in [2.75, 3.05) is 45.8 Å². The number of likely N-dealkylation sites (tertiary alicyclic amines) is 1. The Morgan fingerprint density at radius 1 is 0.643 bits per heavy atom. The molecule has 24 N–H and O–H groups in total. The number of aromatic hydroxyl groups is 1.